The first-order valence-electron chi connectivity index (χ1n) is 8.76. The smallest absolute Gasteiger partial charge is 0.236 e. The average molecular weight is 295 g/mol. The van der Waals surface area contributed by atoms with E-state index in [4.69, 9.17) is 5.73 Å². The molecule has 0 aromatic carbocycles. The van der Waals surface area contributed by atoms with Crippen molar-refractivity contribution < 1.29 is 4.79 Å². The van der Waals surface area contributed by atoms with E-state index in [9.17, 15) is 4.79 Å². The van der Waals surface area contributed by atoms with Gasteiger partial charge in [-0.05, 0) is 51.5 Å². The zero-order chi connectivity index (χ0) is 15.3. The predicted octanol–water partition coefficient (Wildman–Crippen LogP) is 2.23. The van der Waals surface area contributed by atoms with Crippen LogP contribution in [0.3, 0.4) is 0 Å². The SMILES string of the molecule is CC1CCC(CN)(N(C)CC(=O)N2CCCCCC2)CC1. The highest BCUT2D eigenvalue weighted by Gasteiger charge is 2.37. The third-order valence-electron chi connectivity index (χ3n) is 5.73. The van der Waals surface area contributed by atoms with E-state index in [-0.39, 0.29) is 5.54 Å². The molecule has 0 radical (unpaired) electrons. The monoisotopic (exact) mass is 295 g/mol. The van der Waals surface area contributed by atoms with Crippen LogP contribution in [-0.4, -0.2) is 54.5 Å². The van der Waals surface area contributed by atoms with Crippen LogP contribution in [-0.2, 0) is 4.79 Å². The minimum absolute atomic E-state index is 0.0496. The summed E-state index contributed by atoms with van der Waals surface area (Å²) in [5.41, 5.74) is 6.15. The third kappa shape index (κ3) is 4.19. The number of hydrogen-bond donors (Lipinski definition) is 1. The Bertz CT molecular complexity index is 329. The average Bonchev–Trinajstić information content (AvgIpc) is 2.77. The van der Waals surface area contributed by atoms with Crippen molar-refractivity contribution in [2.24, 2.45) is 11.7 Å². The van der Waals surface area contributed by atoms with Crippen LogP contribution < -0.4 is 5.73 Å². The van der Waals surface area contributed by atoms with Gasteiger partial charge in [0.15, 0.2) is 0 Å². The highest BCUT2D eigenvalue weighted by atomic mass is 16.2. The minimum atomic E-state index is 0.0496. The molecule has 1 aliphatic heterocycles. The van der Waals surface area contributed by atoms with Crippen molar-refractivity contribution >= 4 is 5.91 Å². The van der Waals surface area contributed by atoms with Crippen LogP contribution in [0.4, 0.5) is 0 Å². The Labute approximate surface area is 130 Å². The lowest BCUT2D eigenvalue weighted by Crippen LogP contribution is -2.56. The van der Waals surface area contributed by atoms with Crippen molar-refractivity contribution in [1.82, 2.24) is 9.80 Å². The quantitative estimate of drug-likeness (QED) is 0.865. The molecule has 4 heteroatoms. The summed E-state index contributed by atoms with van der Waals surface area (Å²) >= 11 is 0. The number of carbonyl (C=O) groups is 1. The molecule has 0 atom stereocenters. The van der Waals surface area contributed by atoms with Gasteiger partial charge in [-0.2, -0.15) is 0 Å². The molecule has 1 saturated heterocycles. The zero-order valence-corrected chi connectivity index (χ0v) is 13.9. The Balaban J connectivity index is 1.92. The lowest BCUT2D eigenvalue weighted by Gasteiger charge is -2.45. The Hall–Kier alpha value is -0.610. The second-order valence-corrected chi connectivity index (χ2v) is 7.26. The van der Waals surface area contributed by atoms with E-state index in [0.717, 1.165) is 44.7 Å². The summed E-state index contributed by atoms with van der Waals surface area (Å²) in [5, 5.41) is 0. The number of nitrogens with two attached hydrogens (primary N) is 1. The number of likely N-dealkylation sites (tertiary alicyclic amines) is 1. The van der Waals surface area contributed by atoms with Crippen molar-refractivity contribution in [2.45, 2.75) is 63.8 Å². The van der Waals surface area contributed by atoms with Gasteiger partial charge >= 0.3 is 0 Å². The molecule has 1 aliphatic carbocycles. The van der Waals surface area contributed by atoms with E-state index in [1.165, 1.54) is 25.7 Å². The first kappa shape index (κ1) is 16.8. The second kappa shape index (κ2) is 7.59. The molecule has 122 valence electrons. The first-order valence-corrected chi connectivity index (χ1v) is 8.76. The molecule has 0 aromatic rings. The lowest BCUT2D eigenvalue weighted by atomic mass is 9.76. The van der Waals surface area contributed by atoms with Gasteiger partial charge in [-0.25, -0.2) is 0 Å². The number of likely N-dealkylation sites (N-methyl/N-ethyl adjacent to an activating group) is 1. The van der Waals surface area contributed by atoms with Gasteiger partial charge in [0.1, 0.15) is 0 Å². The maximum absolute atomic E-state index is 12.6. The number of amides is 1. The fraction of sp³-hybridized carbons (Fsp3) is 0.941. The Morgan fingerprint density at radius 3 is 2.29 bits per heavy atom. The van der Waals surface area contributed by atoms with Crippen molar-refractivity contribution in [2.75, 3.05) is 33.2 Å². The highest BCUT2D eigenvalue weighted by molar-refractivity contribution is 5.78. The summed E-state index contributed by atoms with van der Waals surface area (Å²) in [7, 11) is 2.10. The molecular formula is C17H33N3O. The molecule has 2 rings (SSSR count). The molecule has 2 N–H and O–H groups in total. The molecule has 0 bridgehead atoms. The summed E-state index contributed by atoms with van der Waals surface area (Å²) in [6, 6.07) is 0. The van der Waals surface area contributed by atoms with Crippen molar-refractivity contribution in [3.8, 4) is 0 Å². The maximum Gasteiger partial charge on any atom is 0.236 e. The zero-order valence-electron chi connectivity index (χ0n) is 13.9. The Morgan fingerprint density at radius 1 is 1.19 bits per heavy atom. The largest absolute Gasteiger partial charge is 0.342 e. The summed E-state index contributed by atoms with van der Waals surface area (Å²) in [4.78, 5) is 16.9. The summed E-state index contributed by atoms with van der Waals surface area (Å²) in [5.74, 6) is 1.10. The van der Waals surface area contributed by atoms with Crippen molar-refractivity contribution in [1.29, 1.82) is 0 Å². The Morgan fingerprint density at radius 2 is 1.76 bits per heavy atom. The van der Waals surface area contributed by atoms with E-state index in [2.05, 4.69) is 23.8 Å². The number of hydrogen-bond acceptors (Lipinski definition) is 3. The number of rotatable bonds is 4. The van der Waals surface area contributed by atoms with E-state index < -0.39 is 0 Å². The molecule has 21 heavy (non-hydrogen) atoms. The van der Waals surface area contributed by atoms with Crippen LogP contribution in [0.1, 0.15) is 58.3 Å². The topological polar surface area (TPSA) is 49.6 Å². The second-order valence-electron chi connectivity index (χ2n) is 7.26. The summed E-state index contributed by atoms with van der Waals surface area (Å²) in [6.07, 6.45) is 9.60. The molecule has 2 aliphatic rings. The van der Waals surface area contributed by atoms with E-state index in [1.54, 1.807) is 0 Å². The van der Waals surface area contributed by atoms with Gasteiger partial charge in [0, 0.05) is 25.2 Å². The van der Waals surface area contributed by atoms with Crippen LogP contribution in [0.2, 0.25) is 0 Å². The van der Waals surface area contributed by atoms with Gasteiger partial charge in [-0.15, -0.1) is 0 Å². The van der Waals surface area contributed by atoms with E-state index >= 15 is 0 Å². The number of nitrogens with zero attached hydrogens (tertiary/aromatic N) is 2. The molecule has 1 heterocycles. The van der Waals surface area contributed by atoms with Gasteiger partial charge in [0.25, 0.3) is 0 Å². The predicted molar refractivity (Wildman–Crippen MR) is 87.1 cm³/mol. The molecule has 0 spiro atoms. The van der Waals surface area contributed by atoms with Crippen LogP contribution in [0.15, 0.2) is 0 Å². The van der Waals surface area contributed by atoms with Crippen LogP contribution in [0.25, 0.3) is 0 Å². The fourth-order valence-corrected chi connectivity index (χ4v) is 3.83. The third-order valence-corrected chi connectivity index (χ3v) is 5.73. The van der Waals surface area contributed by atoms with Crippen molar-refractivity contribution in [3.05, 3.63) is 0 Å². The van der Waals surface area contributed by atoms with Gasteiger partial charge < -0.3 is 10.6 Å². The maximum atomic E-state index is 12.6. The number of carbonyl (C=O) groups excluding carboxylic acids is 1. The minimum Gasteiger partial charge on any atom is -0.342 e. The lowest BCUT2D eigenvalue weighted by molar-refractivity contribution is -0.134. The van der Waals surface area contributed by atoms with Gasteiger partial charge in [-0.3, -0.25) is 9.69 Å². The van der Waals surface area contributed by atoms with Gasteiger partial charge in [-0.1, -0.05) is 19.8 Å². The molecular weight excluding hydrogens is 262 g/mol. The van der Waals surface area contributed by atoms with Gasteiger partial charge in [0.05, 0.1) is 6.54 Å². The summed E-state index contributed by atoms with van der Waals surface area (Å²) < 4.78 is 0. The standard InChI is InChI=1S/C17H33N3O/c1-15-7-9-17(14-18,10-8-15)19(2)13-16(21)20-11-5-3-4-6-12-20/h15H,3-14,18H2,1-2H3. The molecule has 2 fully saturated rings. The van der Waals surface area contributed by atoms with Crippen molar-refractivity contribution in [3.63, 3.8) is 0 Å². The first-order chi connectivity index (χ1) is 10.1. The molecule has 1 amide bonds. The summed E-state index contributed by atoms with van der Waals surface area (Å²) in [6.45, 7) is 5.41. The molecule has 1 saturated carbocycles. The van der Waals surface area contributed by atoms with Crippen LogP contribution in [0, 0.1) is 5.92 Å². The molecule has 4 nitrogen and oxygen atoms in total. The van der Waals surface area contributed by atoms with Crippen LogP contribution in [0.5, 0.6) is 0 Å². The highest BCUT2D eigenvalue weighted by Crippen LogP contribution is 2.35. The van der Waals surface area contributed by atoms with E-state index in [1.807, 2.05) is 0 Å². The normalized spacial score (nSPS) is 31.2. The van der Waals surface area contributed by atoms with E-state index in [0.29, 0.717) is 19.0 Å². The fourth-order valence-electron chi connectivity index (χ4n) is 3.83. The Kier molecular flexibility index (Phi) is 6.06. The molecule has 0 unspecified atom stereocenters. The van der Waals surface area contributed by atoms with Gasteiger partial charge in [0.2, 0.25) is 5.91 Å². The molecule has 0 aromatic heterocycles. The van der Waals surface area contributed by atoms with Crippen LogP contribution >= 0.6 is 0 Å².